The van der Waals surface area contributed by atoms with Crippen molar-refractivity contribution in [1.82, 2.24) is 50.5 Å². The van der Waals surface area contributed by atoms with Crippen molar-refractivity contribution in [3.05, 3.63) is 65.7 Å². The van der Waals surface area contributed by atoms with Crippen LogP contribution in [0.15, 0.2) is 48.9 Å². The SMILES string of the molecule is Cc1[nH]cnc1-c1ccc([C@H](C)NC(=O)C2C[C@@H](O)CN2C(=O)C(NC(=O)CN2CCN(CCCCN3CCN(c4ccc(C(=O)NC5C(C)(C)CC5(C)C)cn4)CC3)CC2)C(C)(C)C)cc1. The van der Waals surface area contributed by atoms with Crippen molar-refractivity contribution in [1.29, 1.82) is 0 Å². The number of hydrogen-bond donors (Lipinski definition) is 5. The first-order valence-electron chi connectivity index (χ1n) is 24.6. The van der Waals surface area contributed by atoms with Gasteiger partial charge in [0.2, 0.25) is 17.7 Å². The Kier molecular flexibility index (Phi) is 15.5. The van der Waals surface area contributed by atoms with E-state index in [1.54, 1.807) is 12.5 Å². The largest absolute Gasteiger partial charge is 0.391 e. The summed E-state index contributed by atoms with van der Waals surface area (Å²) in [5.74, 6) is -0.0554. The molecule has 366 valence electrons. The van der Waals surface area contributed by atoms with Crippen LogP contribution in [0.1, 0.15) is 109 Å². The van der Waals surface area contributed by atoms with Crippen LogP contribution in [0.25, 0.3) is 11.3 Å². The van der Waals surface area contributed by atoms with Crippen LogP contribution in [0, 0.1) is 23.2 Å². The Bertz CT molecular complexity index is 2150. The summed E-state index contributed by atoms with van der Waals surface area (Å²) in [6.45, 7) is 27.8. The zero-order valence-electron chi connectivity index (χ0n) is 41.5. The van der Waals surface area contributed by atoms with Crippen molar-refractivity contribution < 1.29 is 24.3 Å². The number of aliphatic hydroxyl groups is 1. The van der Waals surface area contributed by atoms with Gasteiger partial charge in [0.1, 0.15) is 17.9 Å². The molecule has 3 aliphatic heterocycles. The molecule has 3 saturated heterocycles. The van der Waals surface area contributed by atoms with Crippen molar-refractivity contribution in [2.45, 2.75) is 118 Å². The zero-order chi connectivity index (χ0) is 48.3. The molecule has 16 heteroatoms. The molecule has 4 fully saturated rings. The van der Waals surface area contributed by atoms with Crippen molar-refractivity contribution in [2.75, 3.05) is 83.4 Å². The van der Waals surface area contributed by atoms with E-state index in [9.17, 15) is 24.3 Å². The molecule has 16 nitrogen and oxygen atoms in total. The Morgan fingerprint density at radius 3 is 2.00 bits per heavy atom. The number of benzene rings is 1. The number of imidazole rings is 1. The van der Waals surface area contributed by atoms with Gasteiger partial charge in [0.05, 0.1) is 36.3 Å². The van der Waals surface area contributed by atoms with E-state index in [1.807, 2.05) is 71.0 Å². The maximum absolute atomic E-state index is 14.2. The predicted octanol–water partition coefficient (Wildman–Crippen LogP) is 4.22. The summed E-state index contributed by atoms with van der Waals surface area (Å²) >= 11 is 0. The Hall–Kier alpha value is -4.90. The molecule has 5 heterocycles. The summed E-state index contributed by atoms with van der Waals surface area (Å²) in [7, 11) is 0. The average molecular weight is 924 g/mol. The molecule has 0 bridgehead atoms. The third-order valence-corrected chi connectivity index (χ3v) is 14.6. The Morgan fingerprint density at radius 1 is 0.836 bits per heavy atom. The van der Waals surface area contributed by atoms with Gasteiger partial charge in [-0.1, -0.05) is 72.7 Å². The van der Waals surface area contributed by atoms with Gasteiger partial charge < -0.3 is 40.7 Å². The molecule has 1 aromatic carbocycles. The van der Waals surface area contributed by atoms with E-state index in [4.69, 9.17) is 0 Å². The second kappa shape index (κ2) is 20.8. The normalized spacial score (nSPS) is 22.5. The lowest BCUT2D eigenvalue weighted by atomic mass is 9.52. The molecule has 7 rings (SSSR count). The van der Waals surface area contributed by atoms with E-state index in [0.717, 1.165) is 113 Å². The molecule has 4 aliphatic rings. The van der Waals surface area contributed by atoms with Crippen LogP contribution in [0.3, 0.4) is 0 Å². The van der Waals surface area contributed by atoms with Crippen molar-refractivity contribution in [3.8, 4) is 11.3 Å². The minimum absolute atomic E-state index is 0.0261. The number of likely N-dealkylation sites (tertiary alicyclic amines) is 1. The second-order valence-corrected chi connectivity index (χ2v) is 22.1. The minimum atomic E-state index is -0.874. The highest BCUT2D eigenvalue weighted by molar-refractivity contribution is 5.95. The third kappa shape index (κ3) is 12.2. The molecule has 3 aromatic rings. The minimum Gasteiger partial charge on any atom is -0.391 e. The fourth-order valence-electron chi connectivity index (χ4n) is 11.2. The summed E-state index contributed by atoms with van der Waals surface area (Å²) in [5, 5.41) is 20.0. The van der Waals surface area contributed by atoms with Crippen LogP contribution in [-0.4, -0.2) is 166 Å². The van der Waals surface area contributed by atoms with Crippen molar-refractivity contribution in [3.63, 3.8) is 0 Å². The van der Waals surface area contributed by atoms with Crippen LogP contribution in [0.4, 0.5) is 5.82 Å². The van der Waals surface area contributed by atoms with Gasteiger partial charge in [0.15, 0.2) is 0 Å². The smallest absolute Gasteiger partial charge is 0.253 e. The average Bonchev–Trinajstić information content (AvgIpc) is 3.91. The molecule has 0 radical (unpaired) electrons. The van der Waals surface area contributed by atoms with Gasteiger partial charge in [-0.2, -0.15) is 0 Å². The van der Waals surface area contributed by atoms with Gasteiger partial charge in [-0.25, -0.2) is 9.97 Å². The van der Waals surface area contributed by atoms with Gasteiger partial charge in [0, 0.05) is 88.8 Å². The van der Waals surface area contributed by atoms with Crippen molar-refractivity contribution in [2.24, 2.45) is 16.2 Å². The number of pyridine rings is 1. The van der Waals surface area contributed by atoms with Gasteiger partial charge >= 0.3 is 0 Å². The molecule has 2 aromatic heterocycles. The number of piperazine rings is 2. The first kappa shape index (κ1) is 50.0. The summed E-state index contributed by atoms with van der Waals surface area (Å²) < 4.78 is 0. The number of nitrogens with zero attached hydrogens (tertiary/aromatic N) is 7. The number of rotatable bonds is 16. The number of H-pyrrole nitrogens is 1. The van der Waals surface area contributed by atoms with E-state index < -0.39 is 23.6 Å². The summed E-state index contributed by atoms with van der Waals surface area (Å²) in [5.41, 5.74) is 3.89. The third-order valence-electron chi connectivity index (χ3n) is 14.6. The van der Waals surface area contributed by atoms with E-state index in [-0.39, 0.29) is 66.1 Å². The van der Waals surface area contributed by atoms with Gasteiger partial charge in [-0.3, -0.25) is 29.0 Å². The molecule has 4 atom stereocenters. The summed E-state index contributed by atoms with van der Waals surface area (Å²) in [6, 6.07) is 9.82. The van der Waals surface area contributed by atoms with Crippen LogP contribution in [0.2, 0.25) is 0 Å². The first-order valence-corrected chi connectivity index (χ1v) is 24.6. The monoisotopic (exact) mass is 924 g/mol. The summed E-state index contributed by atoms with van der Waals surface area (Å²) in [6.07, 6.45) is 5.99. The van der Waals surface area contributed by atoms with E-state index in [1.165, 1.54) is 4.90 Å². The molecule has 1 saturated carbocycles. The number of aliphatic hydroxyl groups excluding tert-OH is 1. The Labute approximate surface area is 398 Å². The quantitative estimate of drug-likeness (QED) is 0.130. The number of hydrogen-bond acceptors (Lipinski definition) is 11. The number of carbonyl (C=O) groups is 4. The van der Waals surface area contributed by atoms with Crippen LogP contribution < -0.4 is 20.9 Å². The van der Waals surface area contributed by atoms with Crippen LogP contribution in [0.5, 0.6) is 0 Å². The molecule has 2 unspecified atom stereocenters. The van der Waals surface area contributed by atoms with Crippen LogP contribution in [-0.2, 0) is 14.4 Å². The van der Waals surface area contributed by atoms with E-state index in [2.05, 4.69) is 78.2 Å². The lowest BCUT2D eigenvalue weighted by Gasteiger charge is -2.57. The number of aromatic amines is 1. The molecular weight excluding hydrogens is 847 g/mol. The Morgan fingerprint density at radius 2 is 1.45 bits per heavy atom. The van der Waals surface area contributed by atoms with Gasteiger partial charge in [-0.15, -0.1) is 0 Å². The number of anilines is 1. The summed E-state index contributed by atoms with van der Waals surface area (Å²) in [4.78, 5) is 77.6. The number of carbonyl (C=O) groups excluding carboxylic acids is 4. The molecule has 5 N–H and O–H groups in total. The molecular formula is C51H77N11O5. The number of aryl methyl sites for hydroxylation is 1. The highest BCUT2D eigenvalue weighted by atomic mass is 16.3. The molecule has 4 amide bonds. The van der Waals surface area contributed by atoms with Gasteiger partial charge in [0.25, 0.3) is 5.91 Å². The van der Waals surface area contributed by atoms with E-state index in [0.29, 0.717) is 5.56 Å². The number of unbranched alkanes of at least 4 members (excludes halogenated alkanes) is 1. The molecule has 67 heavy (non-hydrogen) atoms. The standard InChI is InChI=1S/C51H77N11O5/c1-34(36-12-14-37(15-13-36)43-35(2)53-33-54-43)55-46(66)40-28-39(63)30-62(40)47(67)44(49(3,4)5)56-42(64)31-60-22-20-58(21-23-60)18-10-11-19-59-24-26-61(27-25-59)41-17-16-38(29-52-41)45(65)57-48-50(6,7)32-51(48,8)9/h12-17,29,33-34,39-40,44,48,63H,10-11,18-28,30-32H2,1-9H3,(H,53,54)(H,55,66)(H,56,64)(H,57,65)/t34-,39+,40?,44?/m0/s1. The number of β-amino-alcohol motifs (C(OH)–C–C–N with tert-alkyl or cyclic N) is 1. The molecule has 0 spiro atoms. The maximum Gasteiger partial charge on any atom is 0.253 e. The second-order valence-electron chi connectivity index (χ2n) is 22.1. The maximum atomic E-state index is 14.2. The predicted molar refractivity (Wildman–Crippen MR) is 261 cm³/mol. The van der Waals surface area contributed by atoms with E-state index >= 15 is 0 Å². The fourth-order valence-corrected chi connectivity index (χ4v) is 11.2. The van der Waals surface area contributed by atoms with Gasteiger partial charge in [-0.05, 0) is 80.1 Å². The first-order chi connectivity index (χ1) is 31.7. The molecule has 1 aliphatic carbocycles. The lowest BCUT2D eigenvalue weighted by molar-refractivity contribution is -0.144. The number of nitrogens with one attached hydrogen (secondary N) is 4. The Balaban J connectivity index is 0.793. The lowest BCUT2D eigenvalue weighted by Crippen LogP contribution is -2.63. The highest BCUT2D eigenvalue weighted by Crippen LogP contribution is 2.53. The zero-order valence-corrected chi connectivity index (χ0v) is 41.5. The van der Waals surface area contributed by atoms with Crippen molar-refractivity contribution >= 4 is 29.4 Å². The highest BCUT2D eigenvalue weighted by Gasteiger charge is 2.53. The topological polar surface area (TPSA) is 182 Å². The van der Waals surface area contributed by atoms with Crippen LogP contribution >= 0.6 is 0 Å². The number of aromatic nitrogens is 3. The number of amides is 4. The fraction of sp³-hybridized carbons (Fsp3) is 0.647.